The number of aromatic nitrogens is 4. The maximum atomic E-state index is 13.0. The molecular formula is C20H21FN6. The molecule has 27 heavy (non-hydrogen) atoms. The fraction of sp³-hybridized carbons (Fsp3) is 0.300. The maximum absolute atomic E-state index is 13.0. The van der Waals surface area contributed by atoms with Gasteiger partial charge in [-0.2, -0.15) is 0 Å². The molecule has 1 aliphatic rings. The van der Waals surface area contributed by atoms with Crippen LogP contribution in [-0.4, -0.2) is 37.9 Å². The topological polar surface area (TPSA) is 66.8 Å². The quantitative estimate of drug-likeness (QED) is 0.747. The van der Waals surface area contributed by atoms with Gasteiger partial charge in [0.05, 0.1) is 18.1 Å². The van der Waals surface area contributed by atoms with Crippen LogP contribution in [0.4, 0.5) is 16.0 Å². The predicted molar refractivity (Wildman–Crippen MR) is 101 cm³/mol. The first-order valence-electron chi connectivity index (χ1n) is 9.08. The Hall–Kier alpha value is -2.93. The number of likely N-dealkylation sites (tertiary alicyclic amines) is 1. The molecule has 0 spiro atoms. The van der Waals surface area contributed by atoms with Gasteiger partial charge in [0.1, 0.15) is 17.5 Å². The van der Waals surface area contributed by atoms with E-state index in [0.29, 0.717) is 11.7 Å². The number of nitrogens with zero attached hydrogens (tertiary/aromatic N) is 5. The van der Waals surface area contributed by atoms with Crippen molar-refractivity contribution in [1.82, 2.24) is 24.8 Å². The average Bonchev–Trinajstić information content (AvgIpc) is 2.71. The van der Waals surface area contributed by atoms with Crippen molar-refractivity contribution in [2.24, 2.45) is 0 Å². The van der Waals surface area contributed by atoms with Crippen LogP contribution in [0.2, 0.25) is 0 Å². The van der Waals surface area contributed by atoms with Crippen LogP contribution in [0.5, 0.6) is 0 Å². The summed E-state index contributed by atoms with van der Waals surface area (Å²) >= 11 is 0. The van der Waals surface area contributed by atoms with E-state index in [1.165, 1.54) is 17.8 Å². The van der Waals surface area contributed by atoms with Crippen molar-refractivity contribution in [2.45, 2.75) is 25.3 Å². The van der Waals surface area contributed by atoms with E-state index in [9.17, 15) is 4.39 Å². The molecule has 1 saturated heterocycles. The third-order valence-corrected chi connectivity index (χ3v) is 4.84. The van der Waals surface area contributed by atoms with Crippen molar-refractivity contribution in [1.29, 1.82) is 0 Å². The molecule has 3 aromatic rings. The summed E-state index contributed by atoms with van der Waals surface area (Å²) in [7, 11) is 0. The largest absolute Gasteiger partial charge is 0.324 e. The van der Waals surface area contributed by atoms with E-state index < -0.39 is 0 Å². The molecule has 4 rings (SSSR count). The van der Waals surface area contributed by atoms with Crippen LogP contribution >= 0.6 is 0 Å². The van der Waals surface area contributed by atoms with Crippen LogP contribution in [0.1, 0.15) is 30.0 Å². The smallest absolute Gasteiger partial charge is 0.150 e. The Morgan fingerprint density at radius 3 is 2.56 bits per heavy atom. The number of hydrogen-bond acceptors (Lipinski definition) is 6. The first kappa shape index (κ1) is 17.5. The molecule has 0 radical (unpaired) electrons. The molecule has 0 aliphatic carbocycles. The lowest BCUT2D eigenvalue weighted by Gasteiger charge is -2.32. The second kappa shape index (κ2) is 8.18. The minimum absolute atomic E-state index is 0.291. The van der Waals surface area contributed by atoms with E-state index >= 15 is 0 Å². The van der Waals surface area contributed by atoms with E-state index in [1.807, 2.05) is 6.20 Å². The normalized spacial score (nSPS) is 15.6. The number of rotatable bonds is 5. The van der Waals surface area contributed by atoms with Gasteiger partial charge in [0.2, 0.25) is 0 Å². The Kier molecular flexibility index (Phi) is 5.29. The molecule has 0 atom stereocenters. The Bertz CT molecular complexity index is 863. The summed E-state index contributed by atoms with van der Waals surface area (Å²) in [6, 6.07) is 7.41. The molecule has 0 bridgehead atoms. The van der Waals surface area contributed by atoms with E-state index in [0.717, 1.165) is 44.0 Å². The molecule has 3 aromatic heterocycles. The third kappa shape index (κ3) is 4.62. The molecule has 1 aliphatic heterocycles. The monoisotopic (exact) mass is 364 g/mol. The van der Waals surface area contributed by atoms with Gasteiger partial charge in [0.25, 0.3) is 0 Å². The summed E-state index contributed by atoms with van der Waals surface area (Å²) in [5, 5.41) is 3.20. The van der Waals surface area contributed by atoms with Crippen molar-refractivity contribution < 1.29 is 4.39 Å². The SMILES string of the molecule is Fc1ccc(CN2CCC(c3ccnc(Nc4cnccn4)c3)CC2)nc1. The van der Waals surface area contributed by atoms with Crippen LogP contribution in [-0.2, 0) is 6.54 Å². The molecule has 1 fully saturated rings. The van der Waals surface area contributed by atoms with Gasteiger partial charge in [-0.1, -0.05) is 0 Å². The first-order chi connectivity index (χ1) is 13.3. The number of piperidine rings is 1. The van der Waals surface area contributed by atoms with Gasteiger partial charge in [-0.3, -0.25) is 14.9 Å². The summed E-state index contributed by atoms with van der Waals surface area (Å²) in [6.45, 7) is 2.76. The number of anilines is 2. The predicted octanol–water partition coefficient (Wildman–Crippen LogP) is 3.53. The molecule has 1 N–H and O–H groups in total. The number of hydrogen-bond donors (Lipinski definition) is 1. The van der Waals surface area contributed by atoms with Crippen molar-refractivity contribution in [2.75, 3.05) is 18.4 Å². The molecular weight excluding hydrogens is 343 g/mol. The Balaban J connectivity index is 1.35. The second-order valence-corrected chi connectivity index (χ2v) is 6.71. The molecule has 0 saturated carbocycles. The maximum Gasteiger partial charge on any atom is 0.150 e. The highest BCUT2D eigenvalue weighted by atomic mass is 19.1. The van der Waals surface area contributed by atoms with Gasteiger partial charge < -0.3 is 5.32 Å². The molecule has 4 heterocycles. The van der Waals surface area contributed by atoms with Crippen LogP contribution < -0.4 is 5.32 Å². The van der Waals surface area contributed by atoms with Crippen molar-refractivity contribution in [3.63, 3.8) is 0 Å². The van der Waals surface area contributed by atoms with Crippen molar-refractivity contribution in [3.05, 3.63) is 72.3 Å². The van der Waals surface area contributed by atoms with E-state index in [-0.39, 0.29) is 5.82 Å². The van der Waals surface area contributed by atoms with Gasteiger partial charge in [-0.05, 0) is 61.7 Å². The van der Waals surface area contributed by atoms with Gasteiger partial charge in [-0.15, -0.1) is 0 Å². The molecule has 0 aromatic carbocycles. The highest BCUT2D eigenvalue weighted by Crippen LogP contribution is 2.29. The zero-order chi connectivity index (χ0) is 18.5. The molecule has 0 unspecified atom stereocenters. The number of halogens is 1. The molecule has 6 nitrogen and oxygen atoms in total. The lowest BCUT2D eigenvalue weighted by atomic mass is 9.90. The minimum atomic E-state index is -0.291. The molecule has 7 heteroatoms. The summed E-state index contributed by atoms with van der Waals surface area (Å²) < 4.78 is 13.0. The van der Waals surface area contributed by atoms with E-state index in [2.05, 4.69) is 42.3 Å². The van der Waals surface area contributed by atoms with Gasteiger partial charge in [0.15, 0.2) is 0 Å². The summed E-state index contributed by atoms with van der Waals surface area (Å²) in [5.74, 6) is 1.68. The van der Waals surface area contributed by atoms with Crippen LogP contribution in [0.3, 0.4) is 0 Å². The molecule has 138 valence electrons. The fourth-order valence-corrected chi connectivity index (χ4v) is 3.42. The van der Waals surface area contributed by atoms with Crippen LogP contribution in [0, 0.1) is 5.82 Å². The minimum Gasteiger partial charge on any atom is -0.324 e. The zero-order valence-electron chi connectivity index (χ0n) is 14.9. The average molecular weight is 364 g/mol. The Morgan fingerprint density at radius 2 is 1.81 bits per heavy atom. The van der Waals surface area contributed by atoms with Gasteiger partial charge in [0, 0.05) is 25.1 Å². The first-order valence-corrected chi connectivity index (χ1v) is 9.08. The fourth-order valence-electron chi connectivity index (χ4n) is 3.42. The highest BCUT2D eigenvalue weighted by Gasteiger charge is 2.21. The summed E-state index contributed by atoms with van der Waals surface area (Å²) in [6.07, 6.45) is 10.2. The third-order valence-electron chi connectivity index (χ3n) is 4.84. The Morgan fingerprint density at radius 1 is 0.963 bits per heavy atom. The van der Waals surface area contributed by atoms with Crippen LogP contribution in [0.25, 0.3) is 0 Å². The molecule has 0 amide bonds. The zero-order valence-corrected chi connectivity index (χ0v) is 14.9. The lowest BCUT2D eigenvalue weighted by molar-refractivity contribution is 0.202. The highest BCUT2D eigenvalue weighted by molar-refractivity contribution is 5.51. The van der Waals surface area contributed by atoms with E-state index in [1.54, 1.807) is 24.7 Å². The standard InChI is InChI=1S/C20H21FN6/c21-17-1-2-18(25-12-17)14-27-9-4-15(5-10-27)16-3-6-23-19(11-16)26-20-13-22-7-8-24-20/h1-3,6-8,11-13,15H,4-5,9-10,14H2,(H,23,24,26). The van der Waals surface area contributed by atoms with Crippen molar-refractivity contribution in [3.8, 4) is 0 Å². The number of pyridine rings is 2. The lowest BCUT2D eigenvalue weighted by Crippen LogP contribution is -2.32. The Labute approximate surface area is 157 Å². The van der Waals surface area contributed by atoms with Gasteiger partial charge in [-0.25, -0.2) is 14.4 Å². The van der Waals surface area contributed by atoms with Gasteiger partial charge >= 0.3 is 0 Å². The van der Waals surface area contributed by atoms with Crippen LogP contribution in [0.15, 0.2) is 55.2 Å². The number of nitrogens with one attached hydrogen (secondary N) is 1. The second-order valence-electron chi connectivity index (χ2n) is 6.71. The summed E-state index contributed by atoms with van der Waals surface area (Å²) in [4.78, 5) is 19.2. The van der Waals surface area contributed by atoms with Crippen molar-refractivity contribution >= 4 is 11.6 Å². The summed E-state index contributed by atoms with van der Waals surface area (Å²) in [5.41, 5.74) is 2.20. The van der Waals surface area contributed by atoms with E-state index in [4.69, 9.17) is 0 Å².